The number of hydrogen-bond donors (Lipinski definition) is 1. The number of esters is 1. The zero-order chi connectivity index (χ0) is 19.0. The fourth-order valence-electron chi connectivity index (χ4n) is 2.57. The second kappa shape index (κ2) is 11.4. The maximum absolute atomic E-state index is 12.3. The average molecular weight is 494 g/mol. The lowest BCUT2D eigenvalue weighted by molar-refractivity contribution is -0.157. The quantitative estimate of drug-likeness (QED) is 0.271. The van der Waals surface area contributed by atoms with Gasteiger partial charge in [-0.2, -0.15) is 13.2 Å². The Kier molecular flexibility index (Phi) is 10.9. The lowest BCUT2D eigenvalue weighted by Crippen LogP contribution is -2.49. The predicted octanol–water partition coefficient (Wildman–Crippen LogP) is 1.48. The number of alkyl halides is 3. The zero-order valence-electron chi connectivity index (χ0n) is 15.1. The van der Waals surface area contributed by atoms with Crippen LogP contribution in [-0.4, -0.2) is 80.7 Å². The molecule has 0 radical (unpaired) electrons. The number of nitrogens with zero attached hydrogens (tertiary/aromatic N) is 3. The lowest BCUT2D eigenvalue weighted by atomic mass is 9.97. The van der Waals surface area contributed by atoms with Crippen LogP contribution in [0.25, 0.3) is 0 Å². The number of carbonyl (C=O) groups is 2. The first kappa shape index (κ1) is 24.7. The third kappa shape index (κ3) is 8.41. The van der Waals surface area contributed by atoms with Crippen LogP contribution in [0.3, 0.4) is 0 Å². The van der Waals surface area contributed by atoms with Crippen molar-refractivity contribution in [2.75, 3.05) is 46.9 Å². The molecular formula is C15H26F3IN4O3. The molecule has 1 fully saturated rings. The monoisotopic (exact) mass is 494 g/mol. The Morgan fingerprint density at radius 3 is 2.35 bits per heavy atom. The molecule has 1 rings (SSSR count). The molecule has 1 aliphatic rings. The minimum atomic E-state index is -4.43. The molecule has 0 unspecified atom stereocenters. The summed E-state index contributed by atoms with van der Waals surface area (Å²) in [6.07, 6.45) is -3.23. The lowest BCUT2D eigenvalue weighted by Gasteiger charge is -2.33. The van der Waals surface area contributed by atoms with Crippen molar-refractivity contribution in [2.24, 2.45) is 10.9 Å². The summed E-state index contributed by atoms with van der Waals surface area (Å²) in [6, 6.07) is 0. The van der Waals surface area contributed by atoms with Crippen LogP contribution in [-0.2, 0) is 14.3 Å². The molecule has 0 aromatic carbocycles. The molecule has 0 aromatic rings. The number of likely N-dealkylation sites (N-methyl/N-ethyl adjacent to an activating group) is 1. The van der Waals surface area contributed by atoms with Crippen molar-refractivity contribution in [2.45, 2.75) is 25.9 Å². The standard InChI is InChI=1S/C15H25F3N4O3.HI/c1-4-25-13(24)11-5-7-22(8-6-11)14(19-2)20-9-12(23)21(3)10-15(16,17)18;/h11H,4-10H2,1-3H3,(H,19,20);1H. The summed E-state index contributed by atoms with van der Waals surface area (Å²) < 4.78 is 41.9. The number of aliphatic imine (C=N–C) groups is 1. The highest BCUT2D eigenvalue weighted by atomic mass is 127. The van der Waals surface area contributed by atoms with Crippen molar-refractivity contribution in [1.82, 2.24) is 15.1 Å². The van der Waals surface area contributed by atoms with Gasteiger partial charge in [-0.15, -0.1) is 24.0 Å². The summed E-state index contributed by atoms with van der Waals surface area (Å²) in [5.74, 6) is -0.626. The molecular weight excluding hydrogens is 468 g/mol. The van der Waals surface area contributed by atoms with E-state index in [1.165, 1.54) is 7.05 Å². The third-order valence-electron chi connectivity index (χ3n) is 3.87. The Labute approximate surface area is 168 Å². The molecule has 26 heavy (non-hydrogen) atoms. The van der Waals surface area contributed by atoms with Gasteiger partial charge in [-0.05, 0) is 19.8 Å². The Balaban J connectivity index is 0.00000625. The van der Waals surface area contributed by atoms with E-state index < -0.39 is 18.6 Å². The van der Waals surface area contributed by atoms with E-state index in [1.807, 2.05) is 4.90 Å². The zero-order valence-corrected chi connectivity index (χ0v) is 17.5. The van der Waals surface area contributed by atoms with E-state index >= 15 is 0 Å². The number of amides is 1. The second-order valence-electron chi connectivity index (χ2n) is 5.78. The molecule has 1 aliphatic heterocycles. The van der Waals surface area contributed by atoms with Crippen molar-refractivity contribution < 1.29 is 27.5 Å². The molecule has 1 N–H and O–H groups in total. The molecule has 0 spiro atoms. The van der Waals surface area contributed by atoms with Crippen LogP contribution in [0.2, 0.25) is 0 Å². The minimum Gasteiger partial charge on any atom is -0.466 e. The van der Waals surface area contributed by atoms with Gasteiger partial charge in [0, 0.05) is 27.2 Å². The summed E-state index contributed by atoms with van der Waals surface area (Å²) in [4.78, 5) is 30.0. The van der Waals surface area contributed by atoms with Gasteiger partial charge in [0.25, 0.3) is 0 Å². The SMILES string of the molecule is CCOC(=O)C1CCN(C(=NC)NCC(=O)N(C)CC(F)(F)F)CC1.I. The van der Waals surface area contributed by atoms with E-state index in [4.69, 9.17) is 4.74 Å². The third-order valence-corrected chi connectivity index (χ3v) is 3.87. The van der Waals surface area contributed by atoms with Gasteiger partial charge in [-0.25, -0.2) is 0 Å². The van der Waals surface area contributed by atoms with E-state index in [-0.39, 0.29) is 42.4 Å². The molecule has 1 saturated heterocycles. The first-order valence-electron chi connectivity index (χ1n) is 8.10. The fraction of sp³-hybridized carbons (Fsp3) is 0.800. The van der Waals surface area contributed by atoms with Gasteiger partial charge >= 0.3 is 12.1 Å². The van der Waals surface area contributed by atoms with Gasteiger partial charge in [-0.3, -0.25) is 14.6 Å². The molecule has 11 heteroatoms. The Bertz CT molecular complexity index is 495. The number of guanidine groups is 1. The highest BCUT2D eigenvalue weighted by Gasteiger charge is 2.31. The van der Waals surface area contributed by atoms with Crippen LogP contribution in [0.4, 0.5) is 13.2 Å². The second-order valence-corrected chi connectivity index (χ2v) is 5.78. The number of rotatable bonds is 5. The van der Waals surface area contributed by atoms with Gasteiger partial charge in [0.2, 0.25) is 5.91 Å². The van der Waals surface area contributed by atoms with Crippen LogP contribution in [0.5, 0.6) is 0 Å². The summed E-state index contributed by atoms with van der Waals surface area (Å²) in [5, 5.41) is 2.78. The molecule has 0 aromatic heterocycles. The van der Waals surface area contributed by atoms with E-state index in [9.17, 15) is 22.8 Å². The molecule has 152 valence electrons. The summed E-state index contributed by atoms with van der Waals surface area (Å²) in [6.45, 7) is 1.63. The van der Waals surface area contributed by atoms with Crippen LogP contribution < -0.4 is 5.32 Å². The molecule has 7 nitrogen and oxygen atoms in total. The van der Waals surface area contributed by atoms with Crippen LogP contribution >= 0.6 is 24.0 Å². The first-order chi connectivity index (χ1) is 11.7. The van der Waals surface area contributed by atoms with E-state index in [0.717, 1.165) is 7.05 Å². The van der Waals surface area contributed by atoms with Crippen LogP contribution in [0, 0.1) is 5.92 Å². The minimum absolute atomic E-state index is 0. The fourth-order valence-corrected chi connectivity index (χ4v) is 2.57. The van der Waals surface area contributed by atoms with Crippen LogP contribution in [0.1, 0.15) is 19.8 Å². The molecule has 0 saturated carbocycles. The Morgan fingerprint density at radius 1 is 1.31 bits per heavy atom. The Morgan fingerprint density at radius 2 is 1.88 bits per heavy atom. The van der Waals surface area contributed by atoms with Gasteiger partial charge in [-0.1, -0.05) is 0 Å². The molecule has 0 aliphatic carbocycles. The van der Waals surface area contributed by atoms with Gasteiger partial charge in [0.1, 0.15) is 6.54 Å². The van der Waals surface area contributed by atoms with E-state index in [1.54, 1.807) is 6.92 Å². The number of likely N-dealkylation sites (tertiary alicyclic amines) is 1. The van der Waals surface area contributed by atoms with Crippen molar-refractivity contribution in [3.8, 4) is 0 Å². The summed E-state index contributed by atoms with van der Waals surface area (Å²) in [5.41, 5.74) is 0. The van der Waals surface area contributed by atoms with Crippen molar-refractivity contribution >= 4 is 41.8 Å². The Hall–Kier alpha value is -1.27. The molecule has 0 atom stereocenters. The van der Waals surface area contributed by atoms with Crippen molar-refractivity contribution in [1.29, 1.82) is 0 Å². The smallest absolute Gasteiger partial charge is 0.406 e. The highest BCUT2D eigenvalue weighted by Crippen LogP contribution is 2.19. The van der Waals surface area contributed by atoms with E-state index in [2.05, 4.69) is 10.3 Å². The number of piperidine rings is 1. The van der Waals surface area contributed by atoms with Crippen LogP contribution in [0.15, 0.2) is 4.99 Å². The number of hydrogen-bond acceptors (Lipinski definition) is 4. The number of ether oxygens (including phenoxy) is 1. The number of carbonyl (C=O) groups excluding carboxylic acids is 2. The molecule has 1 amide bonds. The number of nitrogens with one attached hydrogen (secondary N) is 1. The average Bonchev–Trinajstić information content (AvgIpc) is 2.54. The van der Waals surface area contributed by atoms with Gasteiger partial charge in [0.15, 0.2) is 5.96 Å². The highest BCUT2D eigenvalue weighted by molar-refractivity contribution is 14.0. The maximum Gasteiger partial charge on any atom is 0.406 e. The van der Waals surface area contributed by atoms with Crippen molar-refractivity contribution in [3.63, 3.8) is 0 Å². The predicted molar refractivity (Wildman–Crippen MR) is 101 cm³/mol. The largest absolute Gasteiger partial charge is 0.466 e. The topological polar surface area (TPSA) is 74.2 Å². The normalized spacial score (nSPS) is 15.9. The molecule has 1 heterocycles. The molecule has 0 bridgehead atoms. The van der Waals surface area contributed by atoms with E-state index in [0.29, 0.717) is 43.4 Å². The van der Waals surface area contributed by atoms with Crippen molar-refractivity contribution in [3.05, 3.63) is 0 Å². The number of halogens is 4. The summed E-state index contributed by atoms with van der Waals surface area (Å²) in [7, 11) is 2.63. The maximum atomic E-state index is 12.3. The van der Waals surface area contributed by atoms with Gasteiger partial charge in [0.05, 0.1) is 19.1 Å². The van der Waals surface area contributed by atoms with Gasteiger partial charge < -0.3 is 19.9 Å². The first-order valence-corrected chi connectivity index (χ1v) is 8.10. The summed E-state index contributed by atoms with van der Waals surface area (Å²) >= 11 is 0.